The van der Waals surface area contributed by atoms with Gasteiger partial charge in [0.1, 0.15) is 0 Å². The Hall–Kier alpha value is -1.09. The van der Waals surface area contributed by atoms with Gasteiger partial charge >= 0.3 is 6.16 Å². The number of carbonyl (C=O) groups excluding carboxylic acids is 1. The summed E-state index contributed by atoms with van der Waals surface area (Å²) >= 11 is 5.59. The standard InChI is InChI=1S/C7H5ClFNO/c8-5-3-1-2-4-6(5)10-7(9)11/h1-4H,(H,10,11). The van der Waals surface area contributed by atoms with Gasteiger partial charge in [-0.25, -0.2) is 4.79 Å². The van der Waals surface area contributed by atoms with Crippen LogP contribution in [0.5, 0.6) is 0 Å². The Balaban J connectivity index is 2.86. The SMILES string of the molecule is O=C(F)Nc1ccccc1Cl. The fraction of sp³-hybridized carbons (Fsp3) is 0. The molecule has 0 saturated carbocycles. The van der Waals surface area contributed by atoms with E-state index in [4.69, 9.17) is 11.6 Å². The number of hydrogen-bond acceptors (Lipinski definition) is 1. The van der Waals surface area contributed by atoms with Crippen molar-refractivity contribution in [2.24, 2.45) is 0 Å². The van der Waals surface area contributed by atoms with E-state index >= 15 is 0 Å². The zero-order valence-corrected chi connectivity index (χ0v) is 6.23. The highest BCUT2D eigenvalue weighted by Gasteiger charge is 2.01. The first-order chi connectivity index (χ1) is 5.20. The number of nitrogens with one attached hydrogen (secondary N) is 1. The predicted molar refractivity (Wildman–Crippen MR) is 41.6 cm³/mol. The average Bonchev–Trinajstić information content (AvgIpc) is 1.93. The van der Waals surface area contributed by atoms with Crippen molar-refractivity contribution in [1.82, 2.24) is 0 Å². The summed E-state index contributed by atoms with van der Waals surface area (Å²) in [6.45, 7) is 0. The summed E-state index contributed by atoms with van der Waals surface area (Å²) < 4.78 is 11.8. The Morgan fingerprint density at radius 2 is 2.09 bits per heavy atom. The van der Waals surface area contributed by atoms with E-state index in [0.29, 0.717) is 5.02 Å². The molecule has 0 aromatic heterocycles. The maximum atomic E-state index is 11.8. The fourth-order valence-corrected chi connectivity index (χ4v) is 0.851. The van der Waals surface area contributed by atoms with Crippen LogP contribution in [0.25, 0.3) is 0 Å². The van der Waals surface area contributed by atoms with Gasteiger partial charge in [-0.1, -0.05) is 23.7 Å². The summed E-state index contributed by atoms with van der Waals surface area (Å²) in [5, 5.41) is 2.25. The zero-order valence-electron chi connectivity index (χ0n) is 5.47. The van der Waals surface area contributed by atoms with E-state index in [9.17, 15) is 9.18 Å². The molecule has 0 radical (unpaired) electrons. The summed E-state index contributed by atoms with van der Waals surface area (Å²) in [4.78, 5) is 9.93. The number of anilines is 1. The molecule has 4 heteroatoms. The van der Waals surface area contributed by atoms with Gasteiger partial charge in [0.25, 0.3) is 0 Å². The molecule has 0 aliphatic rings. The molecule has 0 aliphatic carbocycles. The molecule has 11 heavy (non-hydrogen) atoms. The summed E-state index contributed by atoms with van der Waals surface area (Å²) in [6, 6.07) is 6.42. The van der Waals surface area contributed by atoms with E-state index in [0.717, 1.165) is 0 Å². The van der Waals surface area contributed by atoms with Crippen LogP contribution < -0.4 is 5.32 Å². The molecule has 0 unspecified atom stereocenters. The first kappa shape index (κ1) is 8.01. The zero-order chi connectivity index (χ0) is 8.27. The van der Waals surface area contributed by atoms with Gasteiger partial charge in [0.2, 0.25) is 0 Å². The van der Waals surface area contributed by atoms with E-state index in [1.165, 1.54) is 6.07 Å². The summed E-state index contributed by atoms with van der Waals surface area (Å²) in [7, 11) is 0. The van der Waals surface area contributed by atoms with E-state index in [-0.39, 0.29) is 5.69 Å². The Morgan fingerprint density at radius 1 is 1.45 bits per heavy atom. The van der Waals surface area contributed by atoms with Gasteiger partial charge in [-0.15, -0.1) is 4.39 Å². The molecule has 2 nitrogen and oxygen atoms in total. The first-order valence-corrected chi connectivity index (χ1v) is 3.29. The molecule has 1 amide bonds. The highest BCUT2D eigenvalue weighted by atomic mass is 35.5. The van der Waals surface area contributed by atoms with Crippen LogP contribution in [0.15, 0.2) is 24.3 Å². The lowest BCUT2D eigenvalue weighted by Gasteiger charge is -2.00. The minimum Gasteiger partial charge on any atom is -0.296 e. The van der Waals surface area contributed by atoms with Gasteiger partial charge < -0.3 is 0 Å². The number of carbonyl (C=O) groups is 1. The maximum absolute atomic E-state index is 11.8. The topological polar surface area (TPSA) is 29.1 Å². The van der Waals surface area contributed by atoms with Gasteiger partial charge in [-0.05, 0) is 12.1 Å². The number of rotatable bonds is 1. The molecule has 0 atom stereocenters. The largest absolute Gasteiger partial charge is 0.401 e. The molecule has 0 aliphatic heterocycles. The minimum absolute atomic E-state index is 0.279. The quantitative estimate of drug-likeness (QED) is 0.514. The Bertz CT molecular complexity index is 277. The lowest BCUT2D eigenvalue weighted by atomic mass is 10.3. The van der Waals surface area contributed by atoms with E-state index in [2.05, 4.69) is 0 Å². The van der Waals surface area contributed by atoms with Crippen molar-refractivity contribution in [1.29, 1.82) is 0 Å². The van der Waals surface area contributed by atoms with Crippen molar-refractivity contribution in [2.45, 2.75) is 0 Å². The lowest BCUT2D eigenvalue weighted by Crippen LogP contribution is -2.01. The van der Waals surface area contributed by atoms with Crippen LogP contribution in [0.2, 0.25) is 5.02 Å². The Labute approximate surface area is 68.0 Å². The van der Waals surface area contributed by atoms with Gasteiger partial charge in [0, 0.05) is 0 Å². The van der Waals surface area contributed by atoms with Crippen LogP contribution in [0.3, 0.4) is 0 Å². The first-order valence-electron chi connectivity index (χ1n) is 2.91. The number of benzene rings is 1. The molecule has 1 N–H and O–H groups in total. The molecule has 0 saturated heterocycles. The fourth-order valence-electron chi connectivity index (χ4n) is 0.668. The van der Waals surface area contributed by atoms with Crippen molar-refractivity contribution < 1.29 is 9.18 Å². The van der Waals surface area contributed by atoms with Crippen LogP contribution in [0.4, 0.5) is 14.9 Å². The monoisotopic (exact) mass is 173 g/mol. The highest BCUT2D eigenvalue weighted by Crippen LogP contribution is 2.20. The Kier molecular flexibility index (Phi) is 2.44. The van der Waals surface area contributed by atoms with Crippen molar-refractivity contribution in [2.75, 3.05) is 5.32 Å². The Morgan fingerprint density at radius 3 is 2.64 bits per heavy atom. The van der Waals surface area contributed by atoms with Crippen LogP contribution in [0, 0.1) is 0 Å². The minimum atomic E-state index is -1.61. The van der Waals surface area contributed by atoms with E-state index < -0.39 is 6.16 Å². The van der Waals surface area contributed by atoms with Gasteiger partial charge in [0.15, 0.2) is 0 Å². The normalized spacial score (nSPS) is 9.27. The number of halogens is 2. The second-order valence-corrected chi connectivity index (χ2v) is 2.29. The van der Waals surface area contributed by atoms with E-state index in [1.54, 1.807) is 18.2 Å². The molecule has 1 aromatic carbocycles. The molecular weight excluding hydrogens is 169 g/mol. The third-order valence-electron chi connectivity index (χ3n) is 1.11. The van der Waals surface area contributed by atoms with E-state index in [1.807, 2.05) is 5.32 Å². The number of para-hydroxylation sites is 1. The molecule has 58 valence electrons. The van der Waals surface area contributed by atoms with Crippen LogP contribution >= 0.6 is 11.6 Å². The summed E-state index contributed by atoms with van der Waals surface area (Å²) in [6.07, 6.45) is -1.61. The highest BCUT2D eigenvalue weighted by molar-refractivity contribution is 6.33. The molecule has 0 heterocycles. The van der Waals surface area contributed by atoms with Crippen molar-refractivity contribution in [3.8, 4) is 0 Å². The van der Waals surface area contributed by atoms with Gasteiger partial charge in [-0.2, -0.15) is 0 Å². The predicted octanol–water partition coefficient (Wildman–Crippen LogP) is 2.84. The summed E-state index contributed by atoms with van der Waals surface area (Å²) in [5.74, 6) is 0. The smallest absolute Gasteiger partial charge is 0.296 e. The summed E-state index contributed by atoms with van der Waals surface area (Å²) in [5.41, 5.74) is 0.279. The lowest BCUT2D eigenvalue weighted by molar-refractivity contribution is 0.235. The third-order valence-corrected chi connectivity index (χ3v) is 1.44. The van der Waals surface area contributed by atoms with Crippen molar-refractivity contribution in [3.05, 3.63) is 29.3 Å². The molecular formula is C7H5ClFNO. The molecule has 0 fully saturated rings. The van der Waals surface area contributed by atoms with Crippen molar-refractivity contribution >= 4 is 23.4 Å². The molecule has 1 aromatic rings. The maximum Gasteiger partial charge on any atom is 0.401 e. The second-order valence-electron chi connectivity index (χ2n) is 1.88. The van der Waals surface area contributed by atoms with Gasteiger partial charge in [-0.3, -0.25) is 5.32 Å². The van der Waals surface area contributed by atoms with Crippen molar-refractivity contribution in [3.63, 3.8) is 0 Å². The second kappa shape index (κ2) is 3.34. The molecule has 0 bridgehead atoms. The number of amides is 1. The third kappa shape index (κ3) is 2.20. The van der Waals surface area contributed by atoms with Gasteiger partial charge in [0.05, 0.1) is 10.7 Å². The molecule has 1 rings (SSSR count). The van der Waals surface area contributed by atoms with Crippen LogP contribution in [0.1, 0.15) is 0 Å². The molecule has 0 spiro atoms. The number of hydrogen-bond donors (Lipinski definition) is 1. The average molecular weight is 174 g/mol. The van der Waals surface area contributed by atoms with Crippen LogP contribution in [-0.2, 0) is 0 Å². The van der Waals surface area contributed by atoms with Crippen LogP contribution in [-0.4, -0.2) is 6.16 Å².